The fourth-order valence-corrected chi connectivity index (χ4v) is 3.46. The highest BCUT2D eigenvalue weighted by molar-refractivity contribution is 6.08. The molecule has 0 aliphatic carbocycles. The van der Waals surface area contributed by atoms with Gasteiger partial charge in [-0.3, -0.25) is 4.79 Å². The number of hydrogen-bond acceptors (Lipinski definition) is 3. The number of carbonyl (C=O) groups is 1. The van der Waals surface area contributed by atoms with Crippen molar-refractivity contribution < 1.29 is 9.90 Å². The smallest absolute Gasteiger partial charge is 0.308 e. The van der Waals surface area contributed by atoms with Gasteiger partial charge in [0.1, 0.15) is 7.85 Å². The van der Waals surface area contributed by atoms with E-state index in [1.54, 1.807) is 0 Å². The molecule has 3 N–H and O–H groups in total. The Morgan fingerprint density at radius 3 is 2.73 bits per heavy atom. The Labute approximate surface area is 134 Å². The van der Waals surface area contributed by atoms with E-state index < -0.39 is 5.97 Å². The van der Waals surface area contributed by atoms with Crippen LogP contribution in [0.1, 0.15) is 18.4 Å². The fourth-order valence-electron chi connectivity index (χ4n) is 3.46. The van der Waals surface area contributed by atoms with E-state index in [2.05, 4.69) is 24.9 Å². The lowest BCUT2D eigenvalue weighted by atomic mass is 9.88. The van der Waals surface area contributed by atoms with Crippen molar-refractivity contribution in [1.29, 1.82) is 0 Å². The predicted octanol–water partition coefficient (Wildman–Crippen LogP) is 1.02. The lowest BCUT2D eigenvalue weighted by Gasteiger charge is -2.21. The summed E-state index contributed by atoms with van der Waals surface area (Å²) in [6.07, 6.45) is 4.08. The van der Waals surface area contributed by atoms with Crippen LogP contribution in [-0.4, -0.2) is 49.5 Å². The van der Waals surface area contributed by atoms with Crippen molar-refractivity contribution in [2.45, 2.75) is 31.6 Å². The molecule has 0 radical (unpaired) electrons. The molecule has 1 saturated heterocycles. The van der Waals surface area contributed by atoms with Crippen LogP contribution in [0.2, 0.25) is 6.32 Å². The SMILES string of the molecule is BCCC[C@H]1CN(CC(N)Cc2ccccc2)C[C@H]1C(=O)O. The van der Waals surface area contributed by atoms with Gasteiger partial charge in [-0.05, 0) is 24.3 Å². The first-order valence-corrected chi connectivity index (χ1v) is 8.34. The Morgan fingerprint density at radius 2 is 2.09 bits per heavy atom. The molecule has 4 nitrogen and oxygen atoms in total. The number of aliphatic carboxylic acids is 1. The molecule has 0 amide bonds. The maximum atomic E-state index is 11.4. The Kier molecular flexibility index (Phi) is 6.46. The Bertz CT molecular complexity index is 469. The molecular formula is C17H27BN2O2. The largest absolute Gasteiger partial charge is 0.481 e. The number of hydrogen-bond donors (Lipinski definition) is 2. The van der Waals surface area contributed by atoms with Crippen molar-refractivity contribution in [3.8, 4) is 0 Å². The van der Waals surface area contributed by atoms with Crippen LogP contribution in [0.5, 0.6) is 0 Å². The summed E-state index contributed by atoms with van der Waals surface area (Å²) >= 11 is 0. The minimum Gasteiger partial charge on any atom is -0.481 e. The van der Waals surface area contributed by atoms with Crippen molar-refractivity contribution in [3.05, 3.63) is 35.9 Å². The normalized spacial score (nSPS) is 23.5. The van der Waals surface area contributed by atoms with Crippen LogP contribution in [0, 0.1) is 11.8 Å². The second-order valence-corrected chi connectivity index (χ2v) is 6.52. The molecule has 1 aromatic rings. The monoisotopic (exact) mass is 302 g/mol. The van der Waals surface area contributed by atoms with Crippen LogP contribution in [-0.2, 0) is 11.2 Å². The van der Waals surface area contributed by atoms with Gasteiger partial charge in [-0.15, -0.1) is 0 Å². The van der Waals surface area contributed by atoms with Gasteiger partial charge in [-0.25, -0.2) is 0 Å². The van der Waals surface area contributed by atoms with Crippen molar-refractivity contribution in [2.75, 3.05) is 19.6 Å². The molecule has 1 heterocycles. The molecule has 1 aliphatic rings. The summed E-state index contributed by atoms with van der Waals surface area (Å²) in [6, 6.07) is 10.3. The second-order valence-electron chi connectivity index (χ2n) is 6.52. The summed E-state index contributed by atoms with van der Waals surface area (Å²) < 4.78 is 0. The Balaban J connectivity index is 1.86. The molecule has 3 atom stereocenters. The van der Waals surface area contributed by atoms with Gasteiger partial charge < -0.3 is 15.7 Å². The molecule has 5 heteroatoms. The number of carboxylic acid groups (broad SMARTS) is 1. The molecule has 2 rings (SSSR count). The van der Waals surface area contributed by atoms with Gasteiger partial charge >= 0.3 is 5.97 Å². The van der Waals surface area contributed by atoms with E-state index in [-0.39, 0.29) is 17.9 Å². The topological polar surface area (TPSA) is 66.6 Å². The molecule has 0 spiro atoms. The lowest BCUT2D eigenvalue weighted by Crippen LogP contribution is -2.38. The van der Waals surface area contributed by atoms with Gasteiger partial charge in [0.15, 0.2) is 0 Å². The maximum absolute atomic E-state index is 11.4. The Hall–Kier alpha value is -1.33. The number of nitrogens with two attached hydrogens (primary N) is 1. The third-order valence-electron chi connectivity index (χ3n) is 4.60. The molecule has 1 aromatic carbocycles. The van der Waals surface area contributed by atoms with Gasteiger partial charge in [-0.2, -0.15) is 0 Å². The lowest BCUT2D eigenvalue weighted by molar-refractivity contribution is -0.142. The van der Waals surface area contributed by atoms with E-state index >= 15 is 0 Å². The highest BCUT2D eigenvalue weighted by atomic mass is 16.4. The molecule has 1 unspecified atom stereocenters. The highest BCUT2D eigenvalue weighted by Gasteiger charge is 2.37. The van der Waals surface area contributed by atoms with Crippen molar-refractivity contribution in [3.63, 3.8) is 0 Å². The molecule has 0 saturated carbocycles. The number of nitrogens with zero attached hydrogens (tertiary/aromatic N) is 1. The molecule has 0 bridgehead atoms. The highest BCUT2D eigenvalue weighted by Crippen LogP contribution is 2.28. The zero-order chi connectivity index (χ0) is 15.9. The van der Waals surface area contributed by atoms with E-state index in [1.807, 2.05) is 18.2 Å². The number of likely N-dealkylation sites (tertiary alicyclic amines) is 1. The third-order valence-corrected chi connectivity index (χ3v) is 4.60. The second kappa shape index (κ2) is 8.35. The van der Waals surface area contributed by atoms with Gasteiger partial charge in [-0.1, -0.05) is 43.1 Å². The quantitative estimate of drug-likeness (QED) is 0.704. The molecule has 1 fully saturated rings. The fraction of sp³-hybridized carbons (Fsp3) is 0.588. The molecule has 22 heavy (non-hydrogen) atoms. The van der Waals surface area contributed by atoms with Crippen molar-refractivity contribution >= 4 is 13.8 Å². The Morgan fingerprint density at radius 1 is 1.36 bits per heavy atom. The number of carboxylic acids is 1. The average molecular weight is 302 g/mol. The summed E-state index contributed by atoms with van der Waals surface area (Å²) in [5, 5.41) is 9.41. The third kappa shape index (κ3) is 4.85. The minimum absolute atomic E-state index is 0.0572. The summed E-state index contributed by atoms with van der Waals surface area (Å²) in [7, 11) is 2.15. The molecule has 120 valence electrons. The molecule has 1 aliphatic heterocycles. The van der Waals surface area contributed by atoms with Crippen LogP contribution >= 0.6 is 0 Å². The average Bonchev–Trinajstić information content (AvgIpc) is 2.89. The van der Waals surface area contributed by atoms with Crippen LogP contribution < -0.4 is 5.73 Å². The van der Waals surface area contributed by atoms with Crippen molar-refractivity contribution in [2.24, 2.45) is 17.6 Å². The van der Waals surface area contributed by atoms with E-state index in [4.69, 9.17) is 5.73 Å². The standard InChI is InChI=1S/C17H27BN2O2/c18-8-4-7-14-10-20(12-16(14)17(21)22)11-15(19)9-13-5-2-1-3-6-13/h1-3,5-6,14-16H,4,7-12,18-19H2,(H,21,22)/t14-,15?,16+/m0/s1. The van der Waals surface area contributed by atoms with E-state index in [1.165, 1.54) is 5.56 Å². The first-order valence-electron chi connectivity index (χ1n) is 8.34. The van der Waals surface area contributed by atoms with E-state index in [0.29, 0.717) is 6.54 Å². The van der Waals surface area contributed by atoms with Gasteiger partial charge in [0.05, 0.1) is 5.92 Å². The first-order chi connectivity index (χ1) is 10.6. The summed E-state index contributed by atoms with van der Waals surface area (Å²) in [5.74, 6) is -0.600. The number of rotatable bonds is 8. The van der Waals surface area contributed by atoms with Crippen LogP contribution in [0.3, 0.4) is 0 Å². The first kappa shape index (κ1) is 17.0. The predicted molar refractivity (Wildman–Crippen MR) is 91.8 cm³/mol. The van der Waals surface area contributed by atoms with E-state index in [0.717, 1.165) is 38.7 Å². The summed E-state index contributed by atoms with van der Waals surface area (Å²) in [5.41, 5.74) is 7.51. The van der Waals surface area contributed by atoms with Gasteiger partial charge in [0.25, 0.3) is 0 Å². The minimum atomic E-state index is -0.653. The molecule has 0 aromatic heterocycles. The van der Waals surface area contributed by atoms with Crippen LogP contribution in [0.25, 0.3) is 0 Å². The molecular weight excluding hydrogens is 275 g/mol. The van der Waals surface area contributed by atoms with E-state index in [9.17, 15) is 9.90 Å². The zero-order valence-corrected chi connectivity index (χ0v) is 13.4. The zero-order valence-electron chi connectivity index (χ0n) is 13.4. The van der Waals surface area contributed by atoms with Crippen LogP contribution in [0.4, 0.5) is 0 Å². The van der Waals surface area contributed by atoms with Crippen LogP contribution in [0.15, 0.2) is 30.3 Å². The number of benzene rings is 1. The maximum Gasteiger partial charge on any atom is 0.308 e. The summed E-state index contributed by atoms with van der Waals surface area (Å²) in [4.78, 5) is 13.7. The van der Waals surface area contributed by atoms with Gasteiger partial charge in [0, 0.05) is 25.7 Å². The van der Waals surface area contributed by atoms with Gasteiger partial charge in [0.2, 0.25) is 0 Å². The summed E-state index contributed by atoms with van der Waals surface area (Å²) in [6.45, 7) is 2.30. The van der Waals surface area contributed by atoms with Crippen molar-refractivity contribution in [1.82, 2.24) is 4.90 Å².